The van der Waals surface area contributed by atoms with E-state index in [2.05, 4.69) is 21.2 Å². The molecule has 0 bridgehead atoms. The summed E-state index contributed by atoms with van der Waals surface area (Å²) in [5.41, 5.74) is 5.69. The standard InChI is InChI=1S/C21H23FN6O2/c1-2-27-13-16(21(30)26-25-14-6-4-3-5-7-14)18(29)15-12-17(22)20(24-19(15)27)28-10-8-23-9-11-28/h3-7,12-13,23,25H,2,8-11H2,1H3,(H,26,30). The van der Waals surface area contributed by atoms with Crippen LogP contribution in [-0.4, -0.2) is 41.6 Å². The maximum atomic E-state index is 14.8. The van der Waals surface area contributed by atoms with Gasteiger partial charge < -0.3 is 14.8 Å². The number of pyridine rings is 2. The molecule has 0 radical (unpaired) electrons. The number of nitrogens with zero attached hydrogens (tertiary/aromatic N) is 3. The van der Waals surface area contributed by atoms with Crippen LogP contribution in [0.25, 0.3) is 11.0 Å². The molecule has 0 spiro atoms. The molecular formula is C21H23FN6O2. The number of carbonyl (C=O) groups is 1. The zero-order valence-electron chi connectivity index (χ0n) is 16.6. The Kier molecular flexibility index (Phi) is 5.62. The summed E-state index contributed by atoms with van der Waals surface area (Å²) < 4.78 is 16.5. The molecule has 1 saturated heterocycles. The fraction of sp³-hybridized carbons (Fsp3) is 0.286. The van der Waals surface area contributed by atoms with E-state index < -0.39 is 17.2 Å². The molecular weight excluding hydrogens is 387 g/mol. The van der Waals surface area contributed by atoms with E-state index in [1.54, 1.807) is 16.7 Å². The van der Waals surface area contributed by atoms with Crippen molar-refractivity contribution in [2.45, 2.75) is 13.5 Å². The molecule has 0 saturated carbocycles. The van der Waals surface area contributed by atoms with E-state index in [9.17, 15) is 14.0 Å². The summed E-state index contributed by atoms with van der Waals surface area (Å²) in [6, 6.07) is 10.2. The molecule has 3 heterocycles. The lowest BCUT2D eigenvalue weighted by atomic mass is 10.1. The number of fused-ring (bicyclic) bond motifs is 1. The highest BCUT2D eigenvalue weighted by molar-refractivity contribution is 5.97. The van der Waals surface area contributed by atoms with E-state index in [1.165, 1.54) is 12.3 Å². The Morgan fingerprint density at radius 1 is 1.23 bits per heavy atom. The predicted molar refractivity (Wildman–Crippen MR) is 114 cm³/mol. The average molecular weight is 410 g/mol. The first kappa shape index (κ1) is 19.8. The van der Waals surface area contributed by atoms with Crippen molar-refractivity contribution in [1.29, 1.82) is 0 Å². The number of halogens is 1. The third-order valence-electron chi connectivity index (χ3n) is 5.08. The van der Waals surface area contributed by atoms with E-state index >= 15 is 0 Å². The van der Waals surface area contributed by atoms with Gasteiger partial charge >= 0.3 is 0 Å². The van der Waals surface area contributed by atoms with Gasteiger partial charge in [0, 0.05) is 38.9 Å². The average Bonchev–Trinajstić information content (AvgIpc) is 2.79. The number of piperazine rings is 1. The number of carbonyl (C=O) groups excluding carboxylic acids is 1. The molecule has 0 unspecified atom stereocenters. The van der Waals surface area contributed by atoms with Gasteiger partial charge in [-0.2, -0.15) is 0 Å². The Hall–Kier alpha value is -3.46. The Bertz CT molecular complexity index is 1130. The summed E-state index contributed by atoms with van der Waals surface area (Å²) in [5.74, 6) is -0.933. The van der Waals surface area contributed by atoms with Crippen molar-refractivity contribution in [3.63, 3.8) is 0 Å². The first-order valence-corrected chi connectivity index (χ1v) is 9.89. The van der Waals surface area contributed by atoms with Crippen LogP contribution in [0.15, 0.2) is 47.4 Å². The van der Waals surface area contributed by atoms with E-state index in [0.29, 0.717) is 31.0 Å². The van der Waals surface area contributed by atoms with Gasteiger partial charge in [0.25, 0.3) is 5.91 Å². The van der Waals surface area contributed by atoms with Crippen molar-refractivity contribution < 1.29 is 9.18 Å². The number of nitrogens with one attached hydrogen (secondary N) is 3. The highest BCUT2D eigenvalue weighted by atomic mass is 19.1. The van der Waals surface area contributed by atoms with Crippen LogP contribution in [0.1, 0.15) is 17.3 Å². The quantitative estimate of drug-likeness (QED) is 0.555. The van der Waals surface area contributed by atoms with E-state index in [1.807, 2.05) is 30.0 Å². The van der Waals surface area contributed by atoms with Crippen LogP contribution in [-0.2, 0) is 6.54 Å². The zero-order chi connectivity index (χ0) is 21.1. The van der Waals surface area contributed by atoms with Gasteiger partial charge in [-0.15, -0.1) is 0 Å². The summed E-state index contributed by atoms with van der Waals surface area (Å²) in [6.07, 6.45) is 1.47. The lowest BCUT2D eigenvalue weighted by Gasteiger charge is -2.29. The third-order valence-corrected chi connectivity index (χ3v) is 5.08. The molecule has 1 aromatic carbocycles. The van der Waals surface area contributed by atoms with Crippen LogP contribution >= 0.6 is 0 Å². The molecule has 1 amide bonds. The van der Waals surface area contributed by atoms with E-state index in [0.717, 1.165) is 13.1 Å². The number of hydrazine groups is 1. The summed E-state index contributed by atoms with van der Waals surface area (Å²) >= 11 is 0. The number of anilines is 2. The van der Waals surface area contributed by atoms with Gasteiger partial charge in [-0.3, -0.25) is 20.4 Å². The summed E-state index contributed by atoms with van der Waals surface area (Å²) in [6.45, 7) is 5.11. The first-order valence-electron chi connectivity index (χ1n) is 9.89. The lowest BCUT2D eigenvalue weighted by molar-refractivity contribution is 0.0961. The highest BCUT2D eigenvalue weighted by Crippen LogP contribution is 2.22. The van der Waals surface area contributed by atoms with Gasteiger partial charge in [0.05, 0.1) is 11.1 Å². The molecule has 8 nitrogen and oxygen atoms in total. The summed E-state index contributed by atoms with van der Waals surface area (Å²) in [5, 5.41) is 3.30. The monoisotopic (exact) mass is 410 g/mol. The lowest BCUT2D eigenvalue weighted by Crippen LogP contribution is -2.44. The summed E-state index contributed by atoms with van der Waals surface area (Å²) in [4.78, 5) is 31.9. The molecule has 1 aliphatic heterocycles. The molecule has 0 aliphatic carbocycles. The van der Waals surface area contributed by atoms with Crippen molar-refractivity contribution in [3.8, 4) is 0 Å². The number of para-hydroxylation sites is 1. The van der Waals surface area contributed by atoms with Crippen molar-refractivity contribution in [3.05, 3.63) is 64.2 Å². The Balaban J connectivity index is 1.71. The van der Waals surface area contributed by atoms with Gasteiger partial charge in [0.2, 0.25) is 5.43 Å². The number of benzene rings is 1. The molecule has 4 rings (SSSR count). The minimum Gasteiger partial charge on any atom is -0.352 e. The van der Waals surface area contributed by atoms with Gasteiger partial charge in [-0.25, -0.2) is 9.37 Å². The van der Waals surface area contributed by atoms with Gasteiger partial charge in [0.1, 0.15) is 11.2 Å². The van der Waals surface area contributed by atoms with Gasteiger partial charge in [-0.05, 0) is 25.1 Å². The zero-order valence-corrected chi connectivity index (χ0v) is 16.6. The number of aromatic nitrogens is 2. The molecule has 0 atom stereocenters. The van der Waals surface area contributed by atoms with Crippen LogP contribution in [0, 0.1) is 5.82 Å². The molecule has 30 heavy (non-hydrogen) atoms. The number of amides is 1. The van der Waals surface area contributed by atoms with Crippen LogP contribution in [0.5, 0.6) is 0 Å². The Morgan fingerprint density at radius 3 is 2.67 bits per heavy atom. The first-order chi connectivity index (χ1) is 14.6. The van der Waals surface area contributed by atoms with Crippen LogP contribution in [0.3, 0.4) is 0 Å². The van der Waals surface area contributed by atoms with Crippen molar-refractivity contribution in [2.24, 2.45) is 0 Å². The highest BCUT2D eigenvalue weighted by Gasteiger charge is 2.21. The SMILES string of the molecule is CCn1cc(C(=O)NNc2ccccc2)c(=O)c2cc(F)c(N3CCNCC3)nc21. The molecule has 2 aromatic heterocycles. The maximum absolute atomic E-state index is 14.8. The van der Waals surface area contributed by atoms with E-state index in [4.69, 9.17) is 0 Å². The second kappa shape index (κ2) is 8.50. The third kappa shape index (κ3) is 3.84. The molecule has 3 N–H and O–H groups in total. The fourth-order valence-corrected chi connectivity index (χ4v) is 3.50. The topological polar surface area (TPSA) is 91.3 Å². The van der Waals surface area contributed by atoms with Crippen LogP contribution < -0.4 is 26.5 Å². The second-order valence-electron chi connectivity index (χ2n) is 7.01. The second-order valence-corrected chi connectivity index (χ2v) is 7.01. The molecule has 9 heteroatoms. The van der Waals surface area contributed by atoms with Gasteiger partial charge in [-0.1, -0.05) is 18.2 Å². The smallest absolute Gasteiger partial charge is 0.275 e. The Morgan fingerprint density at radius 2 is 1.97 bits per heavy atom. The fourth-order valence-electron chi connectivity index (χ4n) is 3.50. The molecule has 3 aromatic rings. The largest absolute Gasteiger partial charge is 0.352 e. The maximum Gasteiger partial charge on any atom is 0.275 e. The predicted octanol–water partition coefficient (Wildman–Crippen LogP) is 1.72. The number of hydrogen-bond acceptors (Lipinski definition) is 6. The van der Waals surface area contributed by atoms with Gasteiger partial charge in [0.15, 0.2) is 11.6 Å². The molecule has 156 valence electrons. The number of aryl methyl sites for hydroxylation is 1. The van der Waals surface area contributed by atoms with E-state index in [-0.39, 0.29) is 16.8 Å². The molecule has 1 aliphatic rings. The van der Waals surface area contributed by atoms with Crippen LogP contribution in [0.2, 0.25) is 0 Å². The minimum absolute atomic E-state index is 0.0797. The molecule has 1 fully saturated rings. The van der Waals surface area contributed by atoms with Crippen LogP contribution in [0.4, 0.5) is 15.9 Å². The van der Waals surface area contributed by atoms with Crippen molar-refractivity contribution in [1.82, 2.24) is 20.3 Å². The normalized spacial score (nSPS) is 14.0. The summed E-state index contributed by atoms with van der Waals surface area (Å²) in [7, 11) is 0. The number of rotatable bonds is 5. The van der Waals surface area contributed by atoms with Crippen molar-refractivity contribution in [2.75, 3.05) is 36.5 Å². The Labute approximate surface area is 172 Å². The van der Waals surface area contributed by atoms with Crippen molar-refractivity contribution >= 4 is 28.4 Å². The number of hydrogen-bond donors (Lipinski definition) is 3. The minimum atomic E-state index is -0.598.